The molecule has 0 atom stereocenters. The van der Waals surface area contributed by atoms with E-state index in [1.807, 2.05) is 16.9 Å². The van der Waals surface area contributed by atoms with Gasteiger partial charge in [-0.15, -0.1) is 0 Å². The normalized spacial score (nSPS) is 18.6. The van der Waals surface area contributed by atoms with Gasteiger partial charge in [0.2, 0.25) is 0 Å². The third kappa shape index (κ3) is 3.93. The van der Waals surface area contributed by atoms with Crippen LogP contribution in [0.15, 0.2) is 67.0 Å². The Morgan fingerprint density at radius 1 is 0.875 bits per heavy atom. The van der Waals surface area contributed by atoms with Gasteiger partial charge >= 0.3 is 0 Å². The zero-order valence-electron chi connectivity index (χ0n) is 22.8. The predicted molar refractivity (Wildman–Crippen MR) is 159 cm³/mol. The van der Waals surface area contributed by atoms with Gasteiger partial charge in [-0.3, -0.25) is 4.98 Å². The molecule has 3 fully saturated rings. The summed E-state index contributed by atoms with van der Waals surface area (Å²) in [4.78, 5) is 14.4. The lowest BCUT2D eigenvalue weighted by atomic mass is 9.79. The van der Waals surface area contributed by atoms with Crippen LogP contribution in [-0.2, 0) is 4.74 Å². The molecule has 0 radical (unpaired) electrons. The van der Waals surface area contributed by atoms with Crippen molar-refractivity contribution in [1.29, 1.82) is 0 Å². The predicted octanol–water partition coefficient (Wildman–Crippen LogP) is 4.56. The summed E-state index contributed by atoms with van der Waals surface area (Å²) in [5.41, 5.74) is 10.0. The topological polar surface area (TPSA) is 70.8 Å². The first-order valence-corrected chi connectivity index (χ1v) is 14.3. The van der Waals surface area contributed by atoms with Crippen LogP contribution in [-0.4, -0.2) is 72.1 Å². The fourth-order valence-corrected chi connectivity index (χ4v) is 6.65. The standard InChI is InChI=1S/C32H33N7O/c1-22-28(23-2-4-24(5-3-23)37-13-11-33-12-14-37)17-31-35-18-30(39(31)36-22)27-8-10-34-29-16-25(6-7-26(27)29)38-19-32(20-38)9-15-40-21-32/h2-8,10,16-18,33H,9,11-15,19-21H2,1H3. The molecule has 2 aromatic carbocycles. The van der Waals surface area contributed by atoms with Crippen LogP contribution in [0.25, 0.3) is 38.9 Å². The number of imidazole rings is 1. The van der Waals surface area contributed by atoms with Gasteiger partial charge in [0.1, 0.15) is 0 Å². The molecule has 5 aromatic rings. The Morgan fingerprint density at radius 3 is 2.50 bits per heavy atom. The van der Waals surface area contributed by atoms with Gasteiger partial charge < -0.3 is 19.9 Å². The van der Waals surface area contributed by atoms with Crippen molar-refractivity contribution in [1.82, 2.24) is 24.9 Å². The van der Waals surface area contributed by atoms with Crippen LogP contribution in [0.3, 0.4) is 0 Å². The molecule has 3 aliphatic heterocycles. The monoisotopic (exact) mass is 531 g/mol. The Morgan fingerprint density at radius 2 is 1.70 bits per heavy atom. The number of aryl methyl sites for hydroxylation is 1. The van der Waals surface area contributed by atoms with E-state index in [0.29, 0.717) is 5.41 Å². The fourth-order valence-electron chi connectivity index (χ4n) is 6.65. The minimum Gasteiger partial charge on any atom is -0.381 e. The number of fused-ring (bicyclic) bond motifs is 2. The van der Waals surface area contributed by atoms with Crippen molar-refractivity contribution in [2.45, 2.75) is 13.3 Å². The zero-order valence-corrected chi connectivity index (χ0v) is 22.8. The quantitative estimate of drug-likeness (QED) is 0.365. The number of nitrogens with zero attached hydrogens (tertiary/aromatic N) is 6. The summed E-state index contributed by atoms with van der Waals surface area (Å²) in [5.74, 6) is 0. The Bertz CT molecular complexity index is 1710. The highest BCUT2D eigenvalue weighted by Crippen LogP contribution is 2.41. The maximum atomic E-state index is 5.66. The van der Waals surface area contributed by atoms with Gasteiger partial charge in [-0.25, -0.2) is 9.50 Å². The molecule has 8 heteroatoms. The van der Waals surface area contributed by atoms with Crippen LogP contribution in [0.5, 0.6) is 0 Å². The van der Waals surface area contributed by atoms with E-state index in [1.165, 1.54) is 17.8 Å². The van der Waals surface area contributed by atoms with E-state index < -0.39 is 0 Å². The van der Waals surface area contributed by atoms with Gasteiger partial charge in [0.15, 0.2) is 5.65 Å². The molecular formula is C32H33N7O. The highest BCUT2D eigenvalue weighted by Gasteiger charge is 2.45. The van der Waals surface area contributed by atoms with Gasteiger partial charge in [-0.2, -0.15) is 5.10 Å². The highest BCUT2D eigenvalue weighted by molar-refractivity contribution is 5.95. The highest BCUT2D eigenvalue weighted by atomic mass is 16.5. The van der Waals surface area contributed by atoms with Gasteiger partial charge in [0.05, 0.1) is 29.7 Å². The number of nitrogens with one attached hydrogen (secondary N) is 1. The second kappa shape index (κ2) is 9.28. The SMILES string of the molecule is Cc1nn2c(-c3ccnc4cc(N5CC6(CCOC6)C5)ccc34)cnc2cc1-c1ccc(N2CCNCC2)cc1. The number of anilines is 2. The lowest BCUT2D eigenvalue weighted by molar-refractivity contribution is 0.131. The number of pyridine rings is 1. The molecule has 3 aromatic heterocycles. The van der Waals surface area contributed by atoms with Crippen LogP contribution < -0.4 is 15.1 Å². The number of hydrogen-bond acceptors (Lipinski definition) is 7. The molecule has 0 saturated carbocycles. The summed E-state index contributed by atoms with van der Waals surface area (Å²) in [5, 5.41) is 9.54. The smallest absolute Gasteiger partial charge is 0.154 e. The number of ether oxygens (including phenoxy) is 1. The van der Waals surface area contributed by atoms with Gasteiger partial charge in [0, 0.05) is 85.4 Å². The lowest BCUT2D eigenvalue weighted by Crippen LogP contribution is -2.56. The first-order chi connectivity index (χ1) is 19.7. The molecule has 0 bridgehead atoms. The summed E-state index contributed by atoms with van der Waals surface area (Å²) in [6.45, 7) is 10.2. The van der Waals surface area contributed by atoms with E-state index >= 15 is 0 Å². The van der Waals surface area contributed by atoms with Crippen LogP contribution in [0.4, 0.5) is 11.4 Å². The van der Waals surface area contributed by atoms with Crippen LogP contribution in [0, 0.1) is 12.3 Å². The summed E-state index contributed by atoms with van der Waals surface area (Å²) < 4.78 is 7.63. The van der Waals surface area contributed by atoms with E-state index in [4.69, 9.17) is 19.8 Å². The summed E-state index contributed by atoms with van der Waals surface area (Å²) in [7, 11) is 0. The molecule has 0 unspecified atom stereocenters. The van der Waals surface area contributed by atoms with Gasteiger partial charge in [-0.05, 0) is 55.3 Å². The van der Waals surface area contributed by atoms with E-state index in [2.05, 4.69) is 76.6 Å². The number of aromatic nitrogens is 4. The number of benzene rings is 2. The van der Waals surface area contributed by atoms with E-state index in [-0.39, 0.29) is 0 Å². The Labute approximate surface area is 233 Å². The number of hydrogen-bond donors (Lipinski definition) is 1. The minimum absolute atomic E-state index is 0.357. The molecule has 6 heterocycles. The Kier molecular flexibility index (Phi) is 5.53. The molecule has 3 aliphatic rings. The van der Waals surface area contributed by atoms with Crippen molar-refractivity contribution in [3.63, 3.8) is 0 Å². The second-order valence-electron chi connectivity index (χ2n) is 11.6. The summed E-state index contributed by atoms with van der Waals surface area (Å²) in [6.07, 6.45) is 5.00. The minimum atomic E-state index is 0.357. The first kappa shape index (κ1) is 23.8. The zero-order chi connectivity index (χ0) is 26.7. The molecule has 0 amide bonds. The molecule has 1 N–H and O–H groups in total. The second-order valence-corrected chi connectivity index (χ2v) is 11.6. The first-order valence-electron chi connectivity index (χ1n) is 14.3. The van der Waals surface area contributed by atoms with Crippen molar-refractivity contribution in [3.8, 4) is 22.4 Å². The van der Waals surface area contributed by atoms with Crippen molar-refractivity contribution in [2.24, 2.45) is 5.41 Å². The van der Waals surface area contributed by atoms with Crippen molar-refractivity contribution >= 4 is 27.9 Å². The lowest BCUT2D eigenvalue weighted by Gasteiger charge is -2.48. The Hall–Kier alpha value is -4.01. The van der Waals surface area contributed by atoms with Crippen molar-refractivity contribution < 1.29 is 4.74 Å². The molecule has 0 aliphatic carbocycles. The maximum Gasteiger partial charge on any atom is 0.154 e. The maximum absolute atomic E-state index is 5.66. The Balaban J connectivity index is 1.10. The average molecular weight is 532 g/mol. The molecule has 8 nitrogen and oxygen atoms in total. The van der Waals surface area contributed by atoms with Crippen molar-refractivity contribution in [3.05, 3.63) is 72.7 Å². The van der Waals surface area contributed by atoms with Crippen LogP contribution in [0.2, 0.25) is 0 Å². The largest absolute Gasteiger partial charge is 0.381 e. The van der Waals surface area contributed by atoms with E-state index in [0.717, 1.165) is 97.1 Å². The van der Waals surface area contributed by atoms with Gasteiger partial charge in [0.25, 0.3) is 0 Å². The van der Waals surface area contributed by atoms with Crippen molar-refractivity contribution in [2.75, 3.05) is 62.3 Å². The number of rotatable bonds is 4. The fraction of sp³-hybridized carbons (Fsp3) is 0.344. The van der Waals surface area contributed by atoms with Gasteiger partial charge in [-0.1, -0.05) is 18.2 Å². The number of piperazine rings is 1. The molecular weight excluding hydrogens is 498 g/mol. The molecule has 40 heavy (non-hydrogen) atoms. The third-order valence-electron chi connectivity index (χ3n) is 8.94. The third-order valence-corrected chi connectivity index (χ3v) is 8.94. The summed E-state index contributed by atoms with van der Waals surface area (Å²) in [6, 6.07) is 19.7. The molecule has 3 saturated heterocycles. The molecule has 8 rings (SSSR count). The van der Waals surface area contributed by atoms with E-state index in [1.54, 1.807) is 0 Å². The average Bonchev–Trinajstić information content (AvgIpc) is 3.64. The van der Waals surface area contributed by atoms with Crippen LogP contribution >= 0.6 is 0 Å². The molecule has 1 spiro atoms. The molecule has 202 valence electrons. The summed E-state index contributed by atoms with van der Waals surface area (Å²) >= 11 is 0. The van der Waals surface area contributed by atoms with E-state index in [9.17, 15) is 0 Å². The van der Waals surface area contributed by atoms with Crippen LogP contribution in [0.1, 0.15) is 12.1 Å².